The second kappa shape index (κ2) is 11.9. The van der Waals surface area contributed by atoms with E-state index in [4.69, 9.17) is 35.4 Å². The first-order valence-electron chi connectivity index (χ1n) is 7.86. The van der Waals surface area contributed by atoms with Gasteiger partial charge in [0.05, 0.1) is 6.61 Å². The van der Waals surface area contributed by atoms with Crippen molar-refractivity contribution in [2.45, 2.75) is 62.0 Å². The fourth-order valence-corrected chi connectivity index (χ4v) is 2.10. The van der Waals surface area contributed by atoms with Crippen molar-refractivity contribution in [3.05, 3.63) is 0 Å². The highest BCUT2D eigenvalue weighted by Crippen LogP contribution is 2.19. The van der Waals surface area contributed by atoms with E-state index >= 15 is 0 Å². The summed E-state index contributed by atoms with van der Waals surface area (Å²) >= 11 is 0. The molecule has 1 saturated heterocycles. The van der Waals surface area contributed by atoms with Gasteiger partial charge < -0.3 is 60.8 Å². The first-order chi connectivity index (χ1) is 12.9. The maximum absolute atomic E-state index is 10.7. The molecule has 0 aromatic rings. The molecule has 1 aliphatic rings. The van der Waals surface area contributed by atoms with Gasteiger partial charge in [-0.15, -0.1) is 0 Å². The van der Waals surface area contributed by atoms with Crippen LogP contribution in [0.15, 0.2) is 0 Å². The molecule has 1 unspecified atom stereocenters. The molecule has 14 heteroatoms. The second-order valence-corrected chi connectivity index (χ2v) is 5.85. The van der Waals surface area contributed by atoms with Gasteiger partial charge in [0, 0.05) is 6.92 Å². The number of aliphatic hydroxyl groups excluding tert-OH is 8. The SMILES string of the molecule is CC(=O)N[C@H]1C(O)O[C@H](CO)[C@@H](O)[C@@H]1O.O=C[C@H](O)[C@@H](O)[C@H](O)[C@H](O)C(=O)O. The first-order valence-corrected chi connectivity index (χ1v) is 7.86. The minimum atomic E-state index is -2.25. The Morgan fingerprint density at radius 2 is 1.61 bits per heavy atom. The van der Waals surface area contributed by atoms with E-state index in [0.29, 0.717) is 0 Å². The summed E-state index contributed by atoms with van der Waals surface area (Å²) in [5.74, 6) is -2.22. The minimum absolute atomic E-state index is 0.0809. The van der Waals surface area contributed by atoms with E-state index in [-0.39, 0.29) is 6.29 Å². The molecule has 28 heavy (non-hydrogen) atoms. The Labute approximate surface area is 158 Å². The molecule has 164 valence electrons. The number of hydrogen-bond acceptors (Lipinski definition) is 12. The zero-order valence-electron chi connectivity index (χ0n) is 14.6. The zero-order chi connectivity index (χ0) is 22.2. The van der Waals surface area contributed by atoms with Crippen LogP contribution >= 0.6 is 0 Å². The topological polar surface area (TPSA) is 255 Å². The number of aliphatic hydroxyl groups is 8. The summed E-state index contributed by atoms with van der Waals surface area (Å²) in [5, 5.41) is 82.6. The largest absolute Gasteiger partial charge is 0.479 e. The Morgan fingerprint density at radius 3 is 2.00 bits per heavy atom. The van der Waals surface area contributed by atoms with Crippen molar-refractivity contribution >= 4 is 18.2 Å². The van der Waals surface area contributed by atoms with Gasteiger partial charge in [0.1, 0.15) is 42.7 Å². The van der Waals surface area contributed by atoms with Gasteiger partial charge in [-0.25, -0.2) is 4.79 Å². The molecular weight excluding hydrogens is 390 g/mol. The average molecular weight is 415 g/mol. The van der Waals surface area contributed by atoms with E-state index in [1.54, 1.807) is 0 Å². The van der Waals surface area contributed by atoms with Crippen molar-refractivity contribution < 1.29 is 65.1 Å². The molecule has 0 spiro atoms. The number of carbonyl (C=O) groups excluding carboxylic acids is 2. The second-order valence-electron chi connectivity index (χ2n) is 5.85. The van der Waals surface area contributed by atoms with Crippen LogP contribution in [0.2, 0.25) is 0 Å². The van der Waals surface area contributed by atoms with Crippen molar-refractivity contribution in [3.8, 4) is 0 Å². The van der Waals surface area contributed by atoms with Crippen LogP contribution in [-0.4, -0.2) is 126 Å². The standard InChI is InChI=1S/C8H15NO6.C6H10O7/c1-3(11)9-5-7(13)6(12)4(2-10)15-8(5)14;7-1-2(8)3(9)4(10)5(11)6(12)13/h4-8,10,12-14H,2H2,1H3,(H,9,11);1-5,8-11H,(H,12,13)/t4-,5-,6-,7-,8?;2-,3+,4-,5-/m10/s1. The van der Waals surface area contributed by atoms with Crippen LogP contribution in [0.1, 0.15) is 6.92 Å². The lowest BCUT2D eigenvalue weighted by atomic mass is 9.97. The van der Waals surface area contributed by atoms with Crippen LogP contribution in [0, 0.1) is 0 Å². The minimum Gasteiger partial charge on any atom is -0.479 e. The predicted octanol–water partition coefficient (Wildman–Crippen LogP) is -6.36. The molecule has 0 bridgehead atoms. The lowest BCUT2D eigenvalue weighted by Gasteiger charge is -2.40. The molecule has 1 rings (SSSR count). The third-order valence-corrected chi connectivity index (χ3v) is 3.69. The van der Waals surface area contributed by atoms with Crippen molar-refractivity contribution in [1.29, 1.82) is 0 Å². The summed E-state index contributed by atoms with van der Waals surface area (Å²) in [4.78, 5) is 30.7. The number of carboxylic acid groups (broad SMARTS) is 1. The van der Waals surface area contributed by atoms with Gasteiger partial charge >= 0.3 is 5.97 Å². The smallest absolute Gasteiger partial charge is 0.335 e. The van der Waals surface area contributed by atoms with Gasteiger partial charge in [0.15, 0.2) is 18.7 Å². The van der Waals surface area contributed by atoms with Crippen molar-refractivity contribution in [3.63, 3.8) is 0 Å². The summed E-state index contributed by atoms with van der Waals surface area (Å²) in [7, 11) is 0. The number of amides is 1. The lowest BCUT2D eigenvalue weighted by Crippen LogP contribution is -2.63. The van der Waals surface area contributed by atoms with Gasteiger partial charge in [-0.1, -0.05) is 0 Å². The van der Waals surface area contributed by atoms with Gasteiger partial charge in [-0.2, -0.15) is 0 Å². The number of rotatable bonds is 7. The molecule has 1 fully saturated rings. The highest BCUT2D eigenvalue weighted by atomic mass is 16.6. The highest BCUT2D eigenvalue weighted by molar-refractivity contribution is 5.73. The summed E-state index contributed by atoms with van der Waals surface area (Å²) in [6, 6.07) is -1.10. The monoisotopic (exact) mass is 415 g/mol. The Kier molecular flexibility index (Phi) is 11.2. The summed E-state index contributed by atoms with van der Waals surface area (Å²) in [6.07, 6.45) is -13.6. The van der Waals surface area contributed by atoms with Gasteiger partial charge in [-0.05, 0) is 0 Å². The molecule has 1 heterocycles. The van der Waals surface area contributed by atoms with Crippen LogP contribution in [-0.2, 0) is 19.1 Å². The maximum atomic E-state index is 10.7. The number of carboxylic acids is 1. The quantitative estimate of drug-likeness (QED) is 0.174. The number of aldehydes is 1. The van der Waals surface area contributed by atoms with E-state index in [0.717, 1.165) is 0 Å². The van der Waals surface area contributed by atoms with E-state index in [1.165, 1.54) is 6.92 Å². The third-order valence-electron chi connectivity index (χ3n) is 3.69. The summed E-state index contributed by atoms with van der Waals surface area (Å²) in [6.45, 7) is 0.687. The molecule has 0 aromatic heterocycles. The van der Waals surface area contributed by atoms with Gasteiger partial charge in [-0.3, -0.25) is 4.79 Å². The normalized spacial score (nSPS) is 31.4. The average Bonchev–Trinajstić information content (AvgIpc) is 2.65. The van der Waals surface area contributed by atoms with E-state index in [1.807, 2.05) is 0 Å². The van der Waals surface area contributed by atoms with Crippen molar-refractivity contribution in [2.24, 2.45) is 0 Å². The number of carbonyl (C=O) groups is 3. The van der Waals surface area contributed by atoms with Crippen LogP contribution in [0.3, 0.4) is 0 Å². The fraction of sp³-hybridized carbons (Fsp3) is 0.786. The Balaban J connectivity index is 0.000000528. The van der Waals surface area contributed by atoms with E-state index in [9.17, 15) is 29.7 Å². The molecule has 1 amide bonds. The number of aliphatic carboxylic acids is 1. The molecule has 0 saturated carbocycles. The number of hydrogen-bond donors (Lipinski definition) is 10. The first kappa shape index (κ1) is 26.2. The van der Waals surface area contributed by atoms with E-state index < -0.39 is 73.5 Å². The highest BCUT2D eigenvalue weighted by Gasteiger charge is 2.43. The summed E-state index contributed by atoms with van der Waals surface area (Å²) < 4.78 is 4.81. The lowest BCUT2D eigenvalue weighted by molar-refractivity contribution is -0.253. The third kappa shape index (κ3) is 7.34. The van der Waals surface area contributed by atoms with Crippen molar-refractivity contribution in [2.75, 3.05) is 6.61 Å². The van der Waals surface area contributed by atoms with Crippen LogP contribution in [0.25, 0.3) is 0 Å². The number of ether oxygens (including phenoxy) is 1. The van der Waals surface area contributed by atoms with Crippen LogP contribution in [0.5, 0.6) is 0 Å². The molecule has 0 aliphatic carbocycles. The maximum Gasteiger partial charge on any atom is 0.335 e. The number of nitrogens with one attached hydrogen (secondary N) is 1. The Bertz CT molecular complexity index is 517. The fourth-order valence-electron chi connectivity index (χ4n) is 2.10. The van der Waals surface area contributed by atoms with E-state index in [2.05, 4.69) is 5.32 Å². The molecule has 14 nitrogen and oxygen atoms in total. The Hall–Kier alpha value is -1.75. The molecule has 0 aromatic carbocycles. The molecular formula is C14H25NO13. The predicted molar refractivity (Wildman–Crippen MR) is 85.3 cm³/mol. The van der Waals surface area contributed by atoms with Crippen LogP contribution in [0.4, 0.5) is 0 Å². The molecule has 0 radical (unpaired) electrons. The molecule has 9 atom stereocenters. The zero-order valence-corrected chi connectivity index (χ0v) is 14.6. The van der Waals surface area contributed by atoms with Gasteiger partial charge in [0.2, 0.25) is 5.91 Å². The summed E-state index contributed by atoms with van der Waals surface area (Å²) in [5.41, 5.74) is 0. The van der Waals surface area contributed by atoms with Gasteiger partial charge in [0.25, 0.3) is 0 Å². The van der Waals surface area contributed by atoms with Crippen LogP contribution < -0.4 is 5.32 Å². The Morgan fingerprint density at radius 1 is 1.07 bits per heavy atom. The van der Waals surface area contributed by atoms with Crippen molar-refractivity contribution in [1.82, 2.24) is 5.32 Å². The molecule has 1 aliphatic heterocycles. The molecule has 10 N–H and O–H groups in total.